The van der Waals surface area contributed by atoms with Crippen molar-refractivity contribution < 1.29 is 19.1 Å². The summed E-state index contributed by atoms with van der Waals surface area (Å²) in [7, 11) is 0. The summed E-state index contributed by atoms with van der Waals surface area (Å²) in [5.74, 6) is -0.0216. The number of nitrogens with one attached hydrogen (secondary N) is 1. The number of fused-ring (bicyclic) bond motifs is 1. The quantitative estimate of drug-likeness (QED) is 0.732. The molecule has 3 aliphatic heterocycles. The van der Waals surface area contributed by atoms with Crippen LogP contribution < -0.4 is 5.32 Å². The molecule has 8 nitrogen and oxygen atoms in total. The van der Waals surface area contributed by atoms with E-state index in [0.717, 1.165) is 57.7 Å². The number of hydrogen-bond acceptors (Lipinski definition) is 5. The molecule has 1 atom stereocenters. The molecule has 1 unspecified atom stereocenters. The minimum atomic E-state index is -0.295. The molecule has 1 aromatic rings. The van der Waals surface area contributed by atoms with Gasteiger partial charge < -0.3 is 19.9 Å². The molecule has 0 spiro atoms. The van der Waals surface area contributed by atoms with Gasteiger partial charge in [0.25, 0.3) is 5.91 Å². The number of carbonyl (C=O) groups is 3. The van der Waals surface area contributed by atoms with Gasteiger partial charge in [0.1, 0.15) is 12.6 Å². The molecule has 3 fully saturated rings. The smallest absolute Gasteiger partial charge is 0.251 e. The Kier molecular flexibility index (Phi) is 6.64. The van der Waals surface area contributed by atoms with Gasteiger partial charge in [0, 0.05) is 44.8 Å². The number of carbonyl (C=O) groups excluding carboxylic acids is 3. The van der Waals surface area contributed by atoms with Crippen LogP contribution in [-0.4, -0.2) is 90.9 Å². The van der Waals surface area contributed by atoms with Gasteiger partial charge in [-0.05, 0) is 37.0 Å². The van der Waals surface area contributed by atoms with Crippen molar-refractivity contribution in [3.8, 4) is 0 Å². The predicted molar refractivity (Wildman–Crippen MR) is 111 cm³/mol. The van der Waals surface area contributed by atoms with Crippen molar-refractivity contribution in [3.63, 3.8) is 0 Å². The van der Waals surface area contributed by atoms with Crippen molar-refractivity contribution >= 4 is 17.7 Å². The van der Waals surface area contributed by atoms with Crippen LogP contribution in [0.5, 0.6) is 0 Å². The fourth-order valence-electron chi connectivity index (χ4n) is 4.40. The van der Waals surface area contributed by atoms with E-state index in [4.69, 9.17) is 4.74 Å². The van der Waals surface area contributed by atoms with Crippen LogP contribution in [0, 0.1) is 0 Å². The topological polar surface area (TPSA) is 82.2 Å². The van der Waals surface area contributed by atoms with E-state index in [9.17, 15) is 14.4 Å². The lowest BCUT2D eigenvalue weighted by molar-refractivity contribution is -0.158. The Morgan fingerprint density at radius 3 is 2.60 bits per heavy atom. The molecule has 0 bridgehead atoms. The zero-order valence-electron chi connectivity index (χ0n) is 17.3. The second-order valence-electron chi connectivity index (χ2n) is 8.20. The zero-order valence-corrected chi connectivity index (χ0v) is 17.3. The molecule has 1 N–H and O–H groups in total. The fraction of sp³-hybridized carbons (Fsp3) is 0.591. The maximum atomic E-state index is 12.8. The number of ether oxygens (including phenoxy) is 1. The molecule has 3 aliphatic rings. The molecular weight excluding hydrogens is 384 g/mol. The molecule has 4 rings (SSSR count). The van der Waals surface area contributed by atoms with Gasteiger partial charge in [-0.3, -0.25) is 19.3 Å². The zero-order chi connectivity index (χ0) is 20.9. The molecule has 0 saturated carbocycles. The van der Waals surface area contributed by atoms with Crippen LogP contribution in [0.4, 0.5) is 0 Å². The number of nitrogens with zero attached hydrogens (tertiary/aromatic N) is 3. The van der Waals surface area contributed by atoms with Crippen LogP contribution in [0.3, 0.4) is 0 Å². The van der Waals surface area contributed by atoms with Crippen LogP contribution in [0.15, 0.2) is 24.3 Å². The minimum absolute atomic E-state index is 0.0376. The van der Waals surface area contributed by atoms with Crippen LogP contribution in [0.25, 0.3) is 0 Å². The second-order valence-corrected chi connectivity index (χ2v) is 8.20. The van der Waals surface area contributed by atoms with Crippen molar-refractivity contribution in [1.82, 2.24) is 20.0 Å². The third kappa shape index (κ3) is 4.82. The Morgan fingerprint density at radius 1 is 1.07 bits per heavy atom. The first-order valence-corrected chi connectivity index (χ1v) is 10.9. The molecule has 0 aromatic heterocycles. The SMILES string of the molecule is O=C(NCCN1CCOCC1)c1ccc(CN2CC(=O)N3CCCCC3C2=O)cc1. The van der Waals surface area contributed by atoms with Gasteiger partial charge in [0.2, 0.25) is 11.8 Å². The molecule has 3 saturated heterocycles. The maximum absolute atomic E-state index is 12.8. The van der Waals surface area contributed by atoms with E-state index in [-0.39, 0.29) is 30.3 Å². The number of amides is 3. The highest BCUT2D eigenvalue weighted by Crippen LogP contribution is 2.24. The largest absolute Gasteiger partial charge is 0.379 e. The third-order valence-electron chi connectivity index (χ3n) is 6.15. The average Bonchev–Trinajstić information content (AvgIpc) is 2.78. The number of rotatable bonds is 6. The van der Waals surface area contributed by atoms with Crippen molar-refractivity contribution in [2.24, 2.45) is 0 Å². The van der Waals surface area contributed by atoms with E-state index < -0.39 is 0 Å². The van der Waals surface area contributed by atoms with Gasteiger partial charge >= 0.3 is 0 Å². The summed E-state index contributed by atoms with van der Waals surface area (Å²) in [6, 6.07) is 6.99. The molecule has 162 valence electrons. The summed E-state index contributed by atoms with van der Waals surface area (Å²) in [6.45, 7) is 5.95. The maximum Gasteiger partial charge on any atom is 0.251 e. The van der Waals surface area contributed by atoms with E-state index in [2.05, 4.69) is 10.2 Å². The second kappa shape index (κ2) is 9.57. The summed E-state index contributed by atoms with van der Waals surface area (Å²) < 4.78 is 5.33. The molecule has 3 amide bonds. The molecule has 0 radical (unpaired) electrons. The fourth-order valence-corrected chi connectivity index (χ4v) is 4.40. The van der Waals surface area contributed by atoms with Crippen molar-refractivity contribution in [2.75, 3.05) is 52.5 Å². The number of hydrogen-bond donors (Lipinski definition) is 1. The van der Waals surface area contributed by atoms with Gasteiger partial charge in [-0.2, -0.15) is 0 Å². The first kappa shape index (κ1) is 20.8. The Hall–Kier alpha value is -2.45. The molecule has 8 heteroatoms. The Labute approximate surface area is 177 Å². The van der Waals surface area contributed by atoms with Gasteiger partial charge in [-0.25, -0.2) is 0 Å². The van der Waals surface area contributed by atoms with Crippen LogP contribution >= 0.6 is 0 Å². The van der Waals surface area contributed by atoms with Crippen LogP contribution in [0.2, 0.25) is 0 Å². The van der Waals surface area contributed by atoms with E-state index in [1.807, 2.05) is 12.1 Å². The molecule has 3 heterocycles. The molecular formula is C22H30N4O4. The molecule has 30 heavy (non-hydrogen) atoms. The summed E-state index contributed by atoms with van der Waals surface area (Å²) in [5.41, 5.74) is 1.52. The summed E-state index contributed by atoms with van der Waals surface area (Å²) >= 11 is 0. The van der Waals surface area contributed by atoms with Crippen LogP contribution in [0.1, 0.15) is 35.2 Å². The first-order valence-electron chi connectivity index (χ1n) is 10.9. The number of piperidine rings is 1. The van der Waals surface area contributed by atoms with Crippen molar-refractivity contribution in [2.45, 2.75) is 31.8 Å². The van der Waals surface area contributed by atoms with Gasteiger partial charge in [-0.1, -0.05) is 12.1 Å². The molecule has 0 aliphatic carbocycles. The number of benzene rings is 1. The highest BCUT2D eigenvalue weighted by molar-refractivity contribution is 5.95. The Morgan fingerprint density at radius 2 is 1.83 bits per heavy atom. The Bertz CT molecular complexity index is 776. The van der Waals surface area contributed by atoms with E-state index >= 15 is 0 Å². The summed E-state index contributed by atoms with van der Waals surface area (Å²) in [4.78, 5) is 43.2. The highest BCUT2D eigenvalue weighted by atomic mass is 16.5. The normalized spacial score (nSPS) is 22.7. The van der Waals surface area contributed by atoms with E-state index in [1.165, 1.54) is 0 Å². The minimum Gasteiger partial charge on any atom is -0.379 e. The Balaban J connectivity index is 1.28. The summed E-state index contributed by atoms with van der Waals surface area (Å²) in [6.07, 6.45) is 2.72. The summed E-state index contributed by atoms with van der Waals surface area (Å²) in [5, 5.41) is 2.95. The lowest BCUT2D eigenvalue weighted by Crippen LogP contribution is -2.60. The number of morpholine rings is 1. The van der Waals surface area contributed by atoms with Gasteiger partial charge in [0.15, 0.2) is 0 Å². The lowest BCUT2D eigenvalue weighted by atomic mass is 9.98. The predicted octanol–water partition coefficient (Wildman–Crippen LogP) is 0.472. The van der Waals surface area contributed by atoms with Crippen molar-refractivity contribution in [1.29, 1.82) is 0 Å². The monoisotopic (exact) mass is 414 g/mol. The van der Waals surface area contributed by atoms with Gasteiger partial charge in [-0.15, -0.1) is 0 Å². The lowest BCUT2D eigenvalue weighted by Gasteiger charge is -2.42. The van der Waals surface area contributed by atoms with E-state index in [0.29, 0.717) is 25.2 Å². The van der Waals surface area contributed by atoms with Gasteiger partial charge in [0.05, 0.1) is 13.2 Å². The van der Waals surface area contributed by atoms with Crippen molar-refractivity contribution in [3.05, 3.63) is 35.4 Å². The van der Waals surface area contributed by atoms with E-state index in [1.54, 1.807) is 21.9 Å². The van der Waals surface area contributed by atoms with Crippen LogP contribution in [-0.2, 0) is 20.9 Å². The first-order chi connectivity index (χ1) is 14.6. The average molecular weight is 415 g/mol. The highest BCUT2D eigenvalue weighted by Gasteiger charge is 2.40. The number of piperazine rings is 1. The standard InChI is InChI=1S/C22H30N4O4/c27-20-16-25(22(29)19-3-1-2-9-26(19)20)15-17-4-6-18(7-5-17)21(28)23-8-10-24-11-13-30-14-12-24/h4-7,19H,1-3,8-16H2,(H,23,28). The molecule has 1 aromatic carbocycles. The third-order valence-corrected chi connectivity index (χ3v) is 6.15.